The lowest BCUT2D eigenvalue weighted by atomic mass is 9.35. The number of thiophene rings is 1. The Morgan fingerprint density at radius 3 is 2.28 bits per heavy atom. The summed E-state index contributed by atoms with van der Waals surface area (Å²) in [6.45, 7) is 4.56. The number of fused-ring (bicyclic) bond motifs is 5. The molecule has 46 heavy (non-hydrogen) atoms. The van der Waals surface area contributed by atoms with Crippen LogP contribution in [-0.4, -0.2) is 20.7 Å². The molecule has 10 aromatic rings. The number of hydrogen-bond donors (Lipinski definition) is 0. The summed E-state index contributed by atoms with van der Waals surface area (Å²) in [5.74, 6) is 0.967. The maximum atomic E-state index is 5.61. The SMILES string of the molecule is Cc1cc(C)c2ccccc2c1-n1c2cccc3ccc4c(c32)n2c3c(c5c(cc3nc12)sc1ccccc15)B4c1ccccc1. The molecule has 0 bridgehead atoms. The molecule has 3 aromatic heterocycles. The van der Waals surface area contributed by atoms with Crippen molar-refractivity contribution in [3.05, 3.63) is 132 Å². The highest BCUT2D eigenvalue weighted by Crippen LogP contribution is 2.41. The summed E-state index contributed by atoms with van der Waals surface area (Å²) >= 11 is 1.88. The Morgan fingerprint density at radius 1 is 0.630 bits per heavy atom. The third-order valence-electron chi connectivity index (χ3n) is 10.4. The van der Waals surface area contributed by atoms with Gasteiger partial charge in [0, 0.05) is 20.2 Å². The van der Waals surface area contributed by atoms with Crippen LogP contribution in [0.4, 0.5) is 0 Å². The molecule has 0 aliphatic carbocycles. The molecule has 3 nitrogen and oxygen atoms in total. The first-order chi connectivity index (χ1) is 22.7. The van der Waals surface area contributed by atoms with E-state index < -0.39 is 0 Å². The molecule has 5 heteroatoms. The van der Waals surface area contributed by atoms with Crippen molar-refractivity contribution in [3.63, 3.8) is 0 Å². The third-order valence-corrected chi connectivity index (χ3v) is 11.5. The predicted molar refractivity (Wildman–Crippen MR) is 198 cm³/mol. The average molecular weight is 604 g/mol. The van der Waals surface area contributed by atoms with E-state index in [2.05, 4.69) is 144 Å². The van der Waals surface area contributed by atoms with Crippen molar-refractivity contribution >= 4 is 104 Å². The normalized spacial score (nSPS) is 13.0. The van der Waals surface area contributed by atoms with Gasteiger partial charge in [-0.2, -0.15) is 0 Å². The van der Waals surface area contributed by atoms with Gasteiger partial charge in [0.1, 0.15) is 0 Å². The van der Waals surface area contributed by atoms with Gasteiger partial charge in [0.15, 0.2) is 0 Å². The first-order valence-electron chi connectivity index (χ1n) is 15.9. The van der Waals surface area contributed by atoms with Crippen LogP contribution in [0.15, 0.2) is 121 Å². The van der Waals surface area contributed by atoms with Crippen molar-refractivity contribution in [2.24, 2.45) is 0 Å². The number of rotatable bonds is 2. The van der Waals surface area contributed by atoms with Gasteiger partial charge in [0.2, 0.25) is 12.5 Å². The van der Waals surface area contributed by atoms with E-state index in [1.54, 1.807) is 0 Å². The molecule has 0 radical (unpaired) electrons. The molecule has 214 valence electrons. The predicted octanol–water partition coefficient (Wildman–Crippen LogP) is 8.55. The molecule has 4 heterocycles. The van der Waals surface area contributed by atoms with Crippen molar-refractivity contribution in [3.8, 4) is 5.69 Å². The van der Waals surface area contributed by atoms with Crippen LogP contribution in [-0.2, 0) is 0 Å². The number of aryl methyl sites for hydroxylation is 2. The molecule has 0 fully saturated rings. The Kier molecular flexibility index (Phi) is 4.68. The van der Waals surface area contributed by atoms with Crippen molar-refractivity contribution < 1.29 is 0 Å². The molecule has 0 amide bonds. The van der Waals surface area contributed by atoms with Gasteiger partial charge in [0.25, 0.3) is 0 Å². The lowest BCUT2D eigenvalue weighted by Gasteiger charge is -2.28. The second-order valence-electron chi connectivity index (χ2n) is 12.8. The molecule has 11 rings (SSSR count). The van der Waals surface area contributed by atoms with Crippen LogP contribution in [0.25, 0.3) is 75.2 Å². The number of imidazole rings is 1. The third kappa shape index (κ3) is 2.97. The van der Waals surface area contributed by atoms with Gasteiger partial charge in [0.05, 0.1) is 27.8 Å². The maximum Gasteiger partial charge on any atom is 0.247 e. The van der Waals surface area contributed by atoms with E-state index in [1.807, 2.05) is 11.3 Å². The van der Waals surface area contributed by atoms with Gasteiger partial charge >= 0.3 is 0 Å². The quantitative estimate of drug-likeness (QED) is 0.182. The molecule has 0 saturated heterocycles. The molecular weight excluding hydrogens is 577 g/mol. The van der Waals surface area contributed by atoms with Gasteiger partial charge < -0.3 is 0 Å². The summed E-state index contributed by atoms with van der Waals surface area (Å²) in [6.07, 6.45) is 0. The molecule has 0 N–H and O–H groups in total. The Bertz CT molecular complexity index is 2950. The highest BCUT2D eigenvalue weighted by Gasteiger charge is 2.36. The highest BCUT2D eigenvalue weighted by molar-refractivity contribution is 7.26. The molecule has 1 aliphatic rings. The first-order valence-corrected chi connectivity index (χ1v) is 16.8. The van der Waals surface area contributed by atoms with Gasteiger partial charge in [-0.25, -0.2) is 4.98 Å². The largest absolute Gasteiger partial charge is 0.279 e. The molecule has 0 saturated carbocycles. The van der Waals surface area contributed by atoms with E-state index in [4.69, 9.17) is 4.98 Å². The molecule has 0 spiro atoms. The monoisotopic (exact) mass is 603 g/mol. The minimum atomic E-state index is 0.0865. The van der Waals surface area contributed by atoms with Gasteiger partial charge in [-0.3, -0.25) is 8.97 Å². The van der Waals surface area contributed by atoms with E-state index >= 15 is 0 Å². The Hall–Kier alpha value is -5.39. The van der Waals surface area contributed by atoms with Crippen LogP contribution >= 0.6 is 11.3 Å². The Morgan fingerprint density at radius 2 is 1.41 bits per heavy atom. The summed E-state index contributed by atoms with van der Waals surface area (Å²) < 4.78 is 7.58. The van der Waals surface area contributed by atoms with E-state index in [0.717, 1.165) is 11.3 Å². The molecular formula is C41H26BN3S. The lowest BCUT2D eigenvalue weighted by Crippen LogP contribution is -2.55. The second kappa shape index (κ2) is 8.65. The summed E-state index contributed by atoms with van der Waals surface area (Å²) in [5, 5.41) is 7.76. The maximum absolute atomic E-state index is 5.61. The smallest absolute Gasteiger partial charge is 0.247 e. The summed E-state index contributed by atoms with van der Waals surface area (Å²) in [5.41, 5.74) is 12.5. The number of nitrogens with zero attached hydrogens (tertiary/aromatic N) is 3. The zero-order chi connectivity index (χ0) is 30.3. The fourth-order valence-corrected chi connectivity index (χ4v) is 9.78. The first kappa shape index (κ1) is 24.9. The summed E-state index contributed by atoms with van der Waals surface area (Å²) in [6, 6.07) is 45.0. The standard InChI is InChI=1S/C41H26BN3S/c1-23-21-24(2)38(28-15-7-6-14-27(23)28)44-32-17-10-11-25-19-20-30-39(35(25)32)45-40-31(43-41(44)45)22-34-36(29-16-8-9-18-33(29)46-34)37(40)42(30)26-12-4-3-5-13-26/h3-22H,1-2H3. The molecule has 7 aromatic carbocycles. The zero-order valence-corrected chi connectivity index (χ0v) is 26.2. The number of aromatic nitrogens is 3. The number of hydrogen-bond acceptors (Lipinski definition) is 2. The fraction of sp³-hybridized carbons (Fsp3) is 0.0488. The van der Waals surface area contributed by atoms with Crippen molar-refractivity contribution in [2.75, 3.05) is 0 Å². The average Bonchev–Trinajstić information content (AvgIpc) is 3.66. The van der Waals surface area contributed by atoms with Crippen LogP contribution in [0, 0.1) is 13.8 Å². The molecule has 0 atom stereocenters. The Balaban J connectivity index is 1.45. The van der Waals surface area contributed by atoms with Gasteiger partial charge in [-0.15, -0.1) is 11.3 Å². The van der Waals surface area contributed by atoms with Crippen LogP contribution < -0.4 is 16.4 Å². The van der Waals surface area contributed by atoms with Crippen molar-refractivity contribution in [1.82, 2.24) is 14.0 Å². The van der Waals surface area contributed by atoms with E-state index in [0.29, 0.717) is 0 Å². The fourth-order valence-electron chi connectivity index (χ4n) is 8.62. The van der Waals surface area contributed by atoms with Crippen LogP contribution in [0.3, 0.4) is 0 Å². The Labute approximate surface area is 269 Å². The number of benzene rings is 7. The lowest BCUT2D eigenvalue weighted by molar-refractivity contribution is 1.06. The van der Waals surface area contributed by atoms with Gasteiger partial charge in [-0.05, 0) is 75.6 Å². The van der Waals surface area contributed by atoms with Crippen LogP contribution in [0.1, 0.15) is 11.1 Å². The van der Waals surface area contributed by atoms with Crippen molar-refractivity contribution in [2.45, 2.75) is 13.8 Å². The van der Waals surface area contributed by atoms with Crippen LogP contribution in [0.2, 0.25) is 0 Å². The van der Waals surface area contributed by atoms with Gasteiger partial charge in [-0.1, -0.05) is 109 Å². The summed E-state index contributed by atoms with van der Waals surface area (Å²) in [4.78, 5) is 5.61. The van der Waals surface area contributed by atoms with E-state index in [9.17, 15) is 0 Å². The van der Waals surface area contributed by atoms with E-state index in [-0.39, 0.29) is 6.71 Å². The topological polar surface area (TPSA) is 22.2 Å². The second-order valence-corrected chi connectivity index (χ2v) is 13.9. The minimum absolute atomic E-state index is 0.0865. The van der Waals surface area contributed by atoms with Crippen LogP contribution in [0.5, 0.6) is 0 Å². The molecule has 0 unspecified atom stereocenters. The minimum Gasteiger partial charge on any atom is -0.279 e. The summed E-state index contributed by atoms with van der Waals surface area (Å²) in [7, 11) is 0. The zero-order valence-electron chi connectivity index (χ0n) is 25.4. The van der Waals surface area contributed by atoms with Crippen molar-refractivity contribution in [1.29, 1.82) is 0 Å². The molecule has 1 aliphatic heterocycles. The highest BCUT2D eigenvalue weighted by atomic mass is 32.1. The van der Waals surface area contributed by atoms with E-state index in [1.165, 1.54) is 91.5 Å².